The summed E-state index contributed by atoms with van der Waals surface area (Å²) in [5, 5.41) is 10.5. The standard InChI is InChI=1S/C30H31Cl2N3O2/c1-30(2,3)37-29(36)35-16-14-21(15-17-35)28-25-18-22(8-13-26(25)33-34-28)27(19-4-9-23(31)10-5-19)20-6-11-24(32)12-7-20/h4-13,18,21,27H,14-17H2,1-3H3,(H,33,34). The van der Waals surface area contributed by atoms with E-state index in [1.807, 2.05) is 49.9 Å². The predicted molar refractivity (Wildman–Crippen MR) is 150 cm³/mol. The Bertz CT molecular complexity index is 1340. The molecule has 1 aliphatic rings. The smallest absolute Gasteiger partial charge is 0.410 e. The molecule has 0 saturated carbocycles. The van der Waals surface area contributed by atoms with E-state index in [4.69, 9.17) is 27.9 Å². The summed E-state index contributed by atoms with van der Waals surface area (Å²) in [7, 11) is 0. The van der Waals surface area contributed by atoms with Crippen molar-refractivity contribution in [3.8, 4) is 0 Å². The molecule has 0 aliphatic carbocycles. The second-order valence-electron chi connectivity index (χ2n) is 10.7. The van der Waals surface area contributed by atoms with E-state index < -0.39 is 5.60 Å². The Labute approximate surface area is 227 Å². The largest absolute Gasteiger partial charge is 0.444 e. The van der Waals surface area contributed by atoms with E-state index in [-0.39, 0.29) is 12.0 Å². The highest BCUT2D eigenvalue weighted by Gasteiger charge is 2.29. The molecular formula is C30H31Cl2N3O2. The van der Waals surface area contributed by atoms with Gasteiger partial charge in [0.15, 0.2) is 0 Å². The first-order valence-corrected chi connectivity index (χ1v) is 13.4. The van der Waals surface area contributed by atoms with Gasteiger partial charge in [-0.15, -0.1) is 0 Å². The first-order chi connectivity index (χ1) is 17.7. The molecular weight excluding hydrogens is 505 g/mol. The molecule has 0 bridgehead atoms. The van der Waals surface area contributed by atoms with Crippen LogP contribution in [0.3, 0.4) is 0 Å². The summed E-state index contributed by atoms with van der Waals surface area (Å²) in [5.41, 5.74) is 5.06. The number of aromatic nitrogens is 2. The molecule has 1 N–H and O–H groups in total. The van der Waals surface area contributed by atoms with Gasteiger partial charge in [-0.3, -0.25) is 5.10 Å². The van der Waals surface area contributed by atoms with Gasteiger partial charge in [0.2, 0.25) is 0 Å². The molecule has 5 rings (SSSR count). The fourth-order valence-electron chi connectivity index (χ4n) is 5.10. The fraction of sp³-hybridized carbons (Fsp3) is 0.333. The maximum absolute atomic E-state index is 12.5. The topological polar surface area (TPSA) is 58.2 Å². The molecule has 7 heteroatoms. The van der Waals surface area contributed by atoms with Gasteiger partial charge in [0, 0.05) is 46.1 Å². The number of hydrogen-bond donors (Lipinski definition) is 1. The molecule has 37 heavy (non-hydrogen) atoms. The lowest BCUT2D eigenvalue weighted by Crippen LogP contribution is -2.41. The fourth-order valence-corrected chi connectivity index (χ4v) is 5.36. The number of halogens is 2. The number of nitrogens with one attached hydrogen (secondary N) is 1. The third-order valence-electron chi connectivity index (χ3n) is 6.90. The van der Waals surface area contributed by atoms with Crippen molar-refractivity contribution in [2.24, 2.45) is 0 Å². The summed E-state index contributed by atoms with van der Waals surface area (Å²) in [6.45, 7) is 7.02. The minimum Gasteiger partial charge on any atom is -0.444 e. The maximum Gasteiger partial charge on any atom is 0.410 e. The van der Waals surface area contributed by atoms with E-state index >= 15 is 0 Å². The van der Waals surface area contributed by atoms with Crippen LogP contribution in [-0.4, -0.2) is 39.9 Å². The molecule has 1 fully saturated rings. The average Bonchev–Trinajstić information content (AvgIpc) is 3.29. The van der Waals surface area contributed by atoms with Crippen LogP contribution in [0.4, 0.5) is 4.79 Å². The maximum atomic E-state index is 12.5. The van der Waals surface area contributed by atoms with Crippen LogP contribution in [0.1, 0.15) is 67.8 Å². The Balaban J connectivity index is 1.45. The Morgan fingerprint density at radius 1 is 0.919 bits per heavy atom. The monoisotopic (exact) mass is 535 g/mol. The molecule has 1 amide bonds. The Morgan fingerprint density at radius 3 is 2.00 bits per heavy atom. The number of hydrogen-bond acceptors (Lipinski definition) is 3. The van der Waals surface area contributed by atoms with Crippen molar-refractivity contribution >= 4 is 40.2 Å². The van der Waals surface area contributed by atoms with E-state index in [2.05, 4.69) is 52.7 Å². The van der Waals surface area contributed by atoms with E-state index in [9.17, 15) is 4.79 Å². The lowest BCUT2D eigenvalue weighted by Gasteiger charge is -2.33. The molecule has 0 radical (unpaired) electrons. The molecule has 3 aromatic carbocycles. The lowest BCUT2D eigenvalue weighted by molar-refractivity contribution is 0.0204. The molecule has 2 heterocycles. The van der Waals surface area contributed by atoms with Crippen molar-refractivity contribution < 1.29 is 9.53 Å². The van der Waals surface area contributed by atoms with Gasteiger partial charge in [0.05, 0.1) is 5.52 Å². The zero-order valence-corrected chi connectivity index (χ0v) is 22.8. The minimum atomic E-state index is -0.491. The van der Waals surface area contributed by atoms with Crippen LogP contribution < -0.4 is 0 Å². The summed E-state index contributed by atoms with van der Waals surface area (Å²) in [6, 6.07) is 22.5. The highest BCUT2D eigenvalue weighted by atomic mass is 35.5. The summed E-state index contributed by atoms with van der Waals surface area (Å²) in [4.78, 5) is 14.3. The Hall–Kier alpha value is -3.02. The number of fused-ring (bicyclic) bond motifs is 1. The van der Waals surface area contributed by atoms with Gasteiger partial charge in [0.25, 0.3) is 0 Å². The number of piperidine rings is 1. The number of H-pyrrole nitrogens is 1. The molecule has 0 spiro atoms. The van der Waals surface area contributed by atoms with Crippen LogP contribution in [0.25, 0.3) is 10.9 Å². The van der Waals surface area contributed by atoms with Crippen molar-refractivity contribution in [3.05, 3.63) is 99.2 Å². The van der Waals surface area contributed by atoms with Gasteiger partial charge >= 0.3 is 6.09 Å². The second-order valence-corrected chi connectivity index (χ2v) is 11.6. The molecule has 0 unspecified atom stereocenters. The van der Waals surface area contributed by atoms with Crippen LogP contribution in [0.15, 0.2) is 66.7 Å². The number of likely N-dealkylation sites (tertiary alicyclic amines) is 1. The lowest BCUT2D eigenvalue weighted by atomic mass is 9.84. The van der Waals surface area contributed by atoms with Gasteiger partial charge in [-0.05, 0) is 86.7 Å². The minimum absolute atomic E-state index is 0.0238. The van der Waals surface area contributed by atoms with Gasteiger partial charge in [0.1, 0.15) is 5.60 Å². The number of benzene rings is 3. The average molecular weight is 537 g/mol. The first kappa shape index (κ1) is 25.6. The van der Waals surface area contributed by atoms with Gasteiger partial charge in [-0.2, -0.15) is 5.10 Å². The summed E-state index contributed by atoms with van der Waals surface area (Å²) < 4.78 is 5.56. The third kappa shape index (κ3) is 5.78. The quantitative estimate of drug-likeness (QED) is 0.268. The molecule has 5 nitrogen and oxygen atoms in total. The van der Waals surface area contributed by atoms with Crippen molar-refractivity contribution in [1.82, 2.24) is 15.1 Å². The van der Waals surface area contributed by atoms with E-state index in [0.717, 1.165) is 40.6 Å². The highest BCUT2D eigenvalue weighted by Crippen LogP contribution is 2.37. The number of rotatable bonds is 4. The Kier molecular flexibility index (Phi) is 7.19. The third-order valence-corrected chi connectivity index (χ3v) is 7.41. The van der Waals surface area contributed by atoms with Gasteiger partial charge in [-0.1, -0.05) is 53.5 Å². The van der Waals surface area contributed by atoms with E-state index in [0.29, 0.717) is 29.1 Å². The molecule has 1 saturated heterocycles. The van der Waals surface area contributed by atoms with Crippen LogP contribution in [0, 0.1) is 0 Å². The van der Waals surface area contributed by atoms with Gasteiger partial charge < -0.3 is 9.64 Å². The number of carbonyl (C=O) groups excluding carboxylic acids is 1. The summed E-state index contributed by atoms with van der Waals surface area (Å²) >= 11 is 12.4. The number of amides is 1. The van der Waals surface area contributed by atoms with Crippen LogP contribution in [0.5, 0.6) is 0 Å². The SMILES string of the molecule is CC(C)(C)OC(=O)N1CCC(c2[nH]nc3ccc(C(c4ccc(Cl)cc4)c4ccc(Cl)cc4)cc23)CC1. The number of carbonyl (C=O) groups is 1. The zero-order chi connectivity index (χ0) is 26.2. The number of aromatic amines is 1. The van der Waals surface area contributed by atoms with Crippen molar-refractivity contribution in [3.63, 3.8) is 0 Å². The second kappa shape index (κ2) is 10.4. The molecule has 0 atom stereocenters. The Morgan fingerprint density at radius 2 is 1.46 bits per heavy atom. The van der Waals surface area contributed by atoms with Crippen molar-refractivity contribution in [2.75, 3.05) is 13.1 Å². The molecule has 1 aromatic heterocycles. The number of nitrogens with zero attached hydrogens (tertiary/aromatic N) is 2. The summed E-state index contributed by atoms with van der Waals surface area (Å²) in [6.07, 6.45) is 1.48. The molecule has 192 valence electrons. The highest BCUT2D eigenvalue weighted by molar-refractivity contribution is 6.30. The van der Waals surface area contributed by atoms with Gasteiger partial charge in [-0.25, -0.2) is 4.79 Å². The zero-order valence-electron chi connectivity index (χ0n) is 21.3. The first-order valence-electron chi connectivity index (χ1n) is 12.6. The molecule has 4 aromatic rings. The number of ether oxygens (including phenoxy) is 1. The van der Waals surface area contributed by atoms with Crippen LogP contribution in [-0.2, 0) is 4.74 Å². The van der Waals surface area contributed by atoms with E-state index in [1.165, 1.54) is 5.56 Å². The van der Waals surface area contributed by atoms with Crippen LogP contribution >= 0.6 is 23.2 Å². The normalized spacial score (nSPS) is 14.9. The van der Waals surface area contributed by atoms with E-state index in [1.54, 1.807) is 0 Å². The van der Waals surface area contributed by atoms with Crippen molar-refractivity contribution in [2.45, 2.75) is 51.0 Å². The summed E-state index contributed by atoms with van der Waals surface area (Å²) in [5.74, 6) is 0.319. The van der Waals surface area contributed by atoms with Crippen LogP contribution in [0.2, 0.25) is 10.0 Å². The van der Waals surface area contributed by atoms with Crippen molar-refractivity contribution in [1.29, 1.82) is 0 Å². The predicted octanol–water partition coefficient (Wildman–Crippen LogP) is 8.16. The molecule has 1 aliphatic heterocycles.